The van der Waals surface area contributed by atoms with Gasteiger partial charge in [0.05, 0.1) is 0 Å². The highest BCUT2D eigenvalue weighted by Gasteiger charge is 1.74. The average molecular weight is 213 g/mol. The van der Waals surface area contributed by atoms with Crippen LogP contribution in [0.5, 0.6) is 0 Å². The number of aromatic amines is 1. The van der Waals surface area contributed by atoms with Gasteiger partial charge in [0.25, 0.3) is 0 Å². The van der Waals surface area contributed by atoms with Gasteiger partial charge in [-0.2, -0.15) is 0 Å². The zero-order valence-electron chi connectivity index (χ0n) is 3.22. The van der Waals surface area contributed by atoms with Crippen LogP contribution in [0.2, 0.25) is 0 Å². The summed E-state index contributed by atoms with van der Waals surface area (Å²) in [5.74, 6) is 0. The number of hydrogen-bond acceptors (Lipinski definition) is 2. The minimum Gasteiger partial charge on any atom is -1.00 e. The van der Waals surface area contributed by atoms with Crippen molar-refractivity contribution < 1.29 is 33.6 Å². The van der Waals surface area contributed by atoms with Crippen LogP contribution in [-0.4, -0.2) is 0 Å². The van der Waals surface area contributed by atoms with Crippen molar-refractivity contribution in [2.24, 2.45) is 0 Å². The molecule has 1 aromatic rings. The summed E-state index contributed by atoms with van der Waals surface area (Å²) in [6.07, 6.45) is 1.12. The van der Waals surface area contributed by atoms with E-state index < -0.39 is 5.63 Å². The molecule has 0 atom stereocenters. The molecule has 1 rings (SSSR count). The van der Waals surface area contributed by atoms with Gasteiger partial charge in [0.15, 0.2) is 0 Å². The van der Waals surface area contributed by atoms with Gasteiger partial charge in [-0.1, -0.05) is 0 Å². The summed E-state index contributed by atoms with van der Waals surface area (Å²) in [5, 5.41) is 5.21. The van der Waals surface area contributed by atoms with Crippen LogP contribution in [0.1, 0.15) is 0 Å². The predicted molar refractivity (Wildman–Crippen MR) is 14.9 cm³/mol. The van der Waals surface area contributed by atoms with E-state index >= 15 is 0 Å². The lowest BCUT2D eigenvalue weighted by Gasteiger charge is -1.63. The summed E-state index contributed by atoms with van der Waals surface area (Å²) in [4.78, 5) is 9.81. The Morgan fingerprint density at radius 2 is 2.57 bits per heavy atom. The second-order valence-corrected chi connectivity index (χ2v) is 0.775. The summed E-state index contributed by atoms with van der Waals surface area (Å²) >= 11 is 0. The van der Waals surface area contributed by atoms with Gasteiger partial charge in [0.1, 0.15) is 0 Å². The fourth-order valence-electron chi connectivity index (χ4n) is 0.177. The zero-order valence-corrected chi connectivity index (χ0v) is 5.38. The van der Waals surface area contributed by atoms with Crippen LogP contribution < -0.4 is 40.0 Å². The van der Waals surface area contributed by atoms with E-state index in [9.17, 15) is 4.79 Å². The van der Waals surface area contributed by atoms with Gasteiger partial charge in [-0.15, -0.1) is 0 Å². The number of halogens is 1. The van der Waals surface area contributed by atoms with Crippen LogP contribution in [0.4, 0.5) is 0 Å². The molecule has 5 heteroatoms. The van der Waals surface area contributed by atoms with E-state index in [4.69, 9.17) is 0 Å². The van der Waals surface area contributed by atoms with Gasteiger partial charge in [0.2, 0.25) is 6.20 Å². The molecule has 0 radical (unpaired) electrons. The molecule has 0 saturated carbocycles. The molecule has 0 aliphatic rings. The number of hydrogen-bond donors (Lipinski definition) is 0. The first-order valence-corrected chi connectivity index (χ1v) is 1.39. The SMILES string of the molecule is O=c1c[nH+][n-]o1.[I-]. The first-order valence-electron chi connectivity index (χ1n) is 1.39. The highest BCUT2D eigenvalue weighted by molar-refractivity contribution is 4.46. The molecule has 0 unspecified atom stereocenters. The first-order chi connectivity index (χ1) is 2.89. The molecule has 0 saturated heterocycles. The van der Waals surface area contributed by atoms with E-state index in [1.54, 1.807) is 0 Å². The Hall–Kier alpha value is -0.330. The largest absolute Gasteiger partial charge is 1.00 e. The van der Waals surface area contributed by atoms with Crippen molar-refractivity contribution in [3.05, 3.63) is 16.6 Å². The van der Waals surface area contributed by atoms with Crippen molar-refractivity contribution in [3.63, 3.8) is 0 Å². The Balaban J connectivity index is 0.000000360. The number of aromatic nitrogens is 2. The Morgan fingerprint density at radius 1 is 1.86 bits per heavy atom. The molecule has 1 aromatic heterocycles. The normalized spacial score (nSPS) is 7.43. The minimum absolute atomic E-state index is 0. The molecule has 4 nitrogen and oxygen atoms in total. The second-order valence-electron chi connectivity index (χ2n) is 0.775. The molecule has 0 bridgehead atoms. The van der Waals surface area contributed by atoms with Crippen LogP contribution in [0.3, 0.4) is 0 Å². The van der Waals surface area contributed by atoms with Crippen LogP contribution in [-0.2, 0) is 0 Å². The van der Waals surface area contributed by atoms with E-state index in [1.807, 2.05) is 0 Å². The molecule has 0 fully saturated rings. The lowest BCUT2D eigenvalue weighted by molar-refractivity contribution is -0.479. The number of nitrogens with one attached hydrogen (secondary N) is 1. The molecule has 7 heavy (non-hydrogen) atoms. The molecular formula is C2H2IN2O2-. The molecule has 0 spiro atoms. The molecular weight excluding hydrogens is 211 g/mol. The number of rotatable bonds is 0. The topological polar surface area (TPSA) is 58.5 Å². The lowest BCUT2D eigenvalue weighted by Crippen LogP contribution is -3.00. The van der Waals surface area contributed by atoms with E-state index in [0.717, 1.165) is 6.20 Å². The predicted octanol–water partition coefficient (Wildman–Crippen LogP) is -4.58. The van der Waals surface area contributed by atoms with Crippen molar-refractivity contribution in [3.8, 4) is 0 Å². The smallest absolute Gasteiger partial charge is 0.388 e. The maximum absolute atomic E-state index is 9.81. The average Bonchev–Trinajstić information content (AvgIpc) is 1.86. The fourth-order valence-corrected chi connectivity index (χ4v) is 0.177. The quantitative estimate of drug-likeness (QED) is 0.407. The summed E-state index contributed by atoms with van der Waals surface area (Å²) < 4.78 is 3.97. The van der Waals surface area contributed by atoms with E-state index in [0.29, 0.717) is 0 Å². The van der Waals surface area contributed by atoms with Gasteiger partial charge >= 0.3 is 5.63 Å². The number of nitrogens with zero attached hydrogens (tertiary/aromatic N) is 1. The van der Waals surface area contributed by atoms with Crippen molar-refractivity contribution in [1.82, 2.24) is 5.27 Å². The van der Waals surface area contributed by atoms with Gasteiger partial charge in [0, 0.05) is 0 Å². The lowest BCUT2D eigenvalue weighted by atomic mass is 11.0. The van der Waals surface area contributed by atoms with Crippen LogP contribution >= 0.6 is 0 Å². The van der Waals surface area contributed by atoms with Crippen molar-refractivity contribution in [1.29, 1.82) is 0 Å². The van der Waals surface area contributed by atoms with E-state index in [1.165, 1.54) is 0 Å². The Kier molecular flexibility index (Phi) is 2.65. The summed E-state index contributed by atoms with van der Waals surface area (Å²) in [6, 6.07) is 0. The maximum Gasteiger partial charge on any atom is 0.388 e. The molecule has 0 amide bonds. The highest BCUT2D eigenvalue weighted by Crippen LogP contribution is 1.40. The van der Waals surface area contributed by atoms with Gasteiger partial charge < -0.3 is 28.5 Å². The minimum atomic E-state index is -0.449. The second kappa shape index (κ2) is 2.78. The molecule has 0 aliphatic carbocycles. The van der Waals surface area contributed by atoms with Gasteiger partial charge in [-0.3, -0.25) is 10.4 Å². The third kappa shape index (κ3) is 1.72. The fraction of sp³-hybridized carbons (Fsp3) is 0. The third-order valence-electron chi connectivity index (χ3n) is 0.371. The van der Waals surface area contributed by atoms with Crippen LogP contribution in [0.25, 0.3) is 0 Å². The first kappa shape index (κ1) is 6.67. The third-order valence-corrected chi connectivity index (χ3v) is 0.371. The molecule has 40 valence electrons. The zero-order chi connectivity index (χ0) is 4.41. The summed E-state index contributed by atoms with van der Waals surface area (Å²) in [7, 11) is 0. The van der Waals surface area contributed by atoms with Crippen LogP contribution in [0, 0.1) is 0 Å². The molecule has 1 N–H and O–H groups in total. The number of H-pyrrole nitrogens is 1. The van der Waals surface area contributed by atoms with Crippen molar-refractivity contribution >= 4 is 0 Å². The summed E-state index contributed by atoms with van der Waals surface area (Å²) in [5.41, 5.74) is -0.449. The van der Waals surface area contributed by atoms with Gasteiger partial charge in [-0.25, -0.2) is 4.79 Å². The maximum atomic E-state index is 9.81. The van der Waals surface area contributed by atoms with Crippen LogP contribution in [0.15, 0.2) is 15.5 Å². The Bertz CT molecular complexity index is 151. The molecule has 1 heterocycles. The van der Waals surface area contributed by atoms with Crippen molar-refractivity contribution in [2.45, 2.75) is 0 Å². The van der Waals surface area contributed by atoms with Crippen molar-refractivity contribution in [2.75, 3.05) is 0 Å². The molecule has 0 aliphatic heterocycles. The Labute approximate surface area is 55.9 Å². The summed E-state index contributed by atoms with van der Waals surface area (Å²) in [6.45, 7) is 0. The van der Waals surface area contributed by atoms with Gasteiger partial charge in [-0.05, 0) is 0 Å². The van der Waals surface area contributed by atoms with E-state index in [-0.39, 0.29) is 24.0 Å². The molecule has 0 aromatic carbocycles. The Morgan fingerprint density at radius 3 is 2.71 bits per heavy atom. The van der Waals surface area contributed by atoms with E-state index in [2.05, 4.69) is 14.9 Å². The standard InChI is InChI=1S/C2H2N2O2.HI/c5-2-1-3-4-6-2;/h1,3H;1H/p-1. The monoisotopic (exact) mass is 213 g/mol. The highest BCUT2D eigenvalue weighted by atomic mass is 127.